The Morgan fingerprint density at radius 3 is 2.46 bits per heavy atom. The number of hydrogen-bond acceptors (Lipinski definition) is 3. The molecule has 1 N–H and O–H groups in total. The third-order valence-electron chi connectivity index (χ3n) is 7.76. The summed E-state index contributed by atoms with van der Waals surface area (Å²) in [4.78, 5) is 30.6. The number of carbonyl (C=O) groups excluding carboxylic acids is 2. The number of likely N-dealkylation sites (tertiary alicyclic amines) is 1. The molecular formula is C31H36N4O2. The molecule has 0 spiro atoms. The molecule has 0 saturated carbocycles. The van der Waals surface area contributed by atoms with Gasteiger partial charge in [-0.15, -0.1) is 0 Å². The summed E-state index contributed by atoms with van der Waals surface area (Å²) < 4.78 is 2.28. The first-order chi connectivity index (χ1) is 18.1. The van der Waals surface area contributed by atoms with E-state index in [1.807, 2.05) is 53.4 Å². The van der Waals surface area contributed by atoms with Crippen molar-refractivity contribution in [3.63, 3.8) is 0 Å². The largest absolute Gasteiger partial charge is 0.346 e. The van der Waals surface area contributed by atoms with Gasteiger partial charge in [-0.1, -0.05) is 50.2 Å². The highest BCUT2D eigenvalue weighted by molar-refractivity contribution is 6.07. The van der Waals surface area contributed by atoms with E-state index in [-0.39, 0.29) is 17.7 Å². The number of nitrogens with one attached hydrogen (secondary N) is 1. The van der Waals surface area contributed by atoms with Crippen molar-refractivity contribution in [3.05, 3.63) is 78.5 Å². The number of rotatable bonds is 8. The lowest BCUT2D eigenvalue weighted by Gasteiger charge is -2.31. The highest BCUT2D eigenvalue weighted by Crippen LogP contribution is 2.26. The topological polar surface area (TPSA) is 57.6 Å². The van der Waals surface area contributed by atoms with Crippen molar-refractivity contribution in [1.29, 1.82) is 0 Å². The van der Waals surface area contributed by atoms with Gasteiger partial charge >= 0.3 is 0 Å². The van der Waals surface area contributed by atoms with Crippen LogP contribution in [0.2, 0.25) is 0 Å². The van der Waals surface area contributed by atoms with Gasteiger partial charge in [-0.05, 0) is 67.0 Å². The van der Waals surface area contributed by atoms with E-state index in [0.717, 1.165) is 53.6 Å². The van der Waals surface area contributed by atoms with Crippen molar-refractivity contribution in [3.8, 4) is 0 Å². The average molecular weight is 497 g/mol. The van der Waals surface area contributed by atoms with E-state index in [1.165, 1.54) is 5.52 Å². The molecule has 2 heterocycles. The van der Waals surface area contributed by atoms with Crippen LogP contribution in [0.1, 0.15) is 37.0 Å². The van der Waals surface area contributed by atoms with Crippen LogP contribution in [0.25, 0.3) is 21.7 Å². The molecule has 1 aromatic heterocycles. The van der Waals surface area contributed by atoms with Crippen LogP contribution in [0.4, 0.5) is 5.69 Å². The molecule has 1 saturated heterocycles. The fourth-order valence-electron chi connectivity index (χ4n) is 5.43. The SMILES string of the molecule is CCN(CC)CCn1ccc2cc(NC(=O)C3CCN(C(=O)c4cccc5ccccc45)CC3)ccc21. The third kappa shape index (κ3) is 5.39. The average Bonchev–Trinajstić information content (AvgIpc) is 3.35. The normalized spacial score (nSPS) is 14.5. The number of carbonyl (C=O) groups is 2. The summed E-state index contributed by atoms with van der Waals surface area (Å²) in [6.45, 7) is 9.66. The van der Waals surface area contributed by atoms with E-state index < -0.39 is 0 Å². The van der Waals surface area contributed by atoms with Crippen LogP contribution in [-0.2, 0) is 11.3 Å². The van der Waals surface area contributed by atoms with E-state index in [2.05, 4.69) is 53.0 Å². The second kappa shape index (κ2) is 11.2. The first-order valence-corrected chi connectivity index (χ1v) is 13.5. The first kappa shape index (κ1) is 25.0. The Balaban J connectivity index is 1.18. The lowest BCUT2D eigenvalue weighted by Crippen LogP contribution is -2.41. The van der Waals surface area contributed by atoms with E-state index in [9.17, 15) is 9.59 Å². The zero-order chi connectivity index (χ0) is 25.8. The van der Waals surface area contributed by atoms with E-state index >= 15 is 0 Å². The van der Waals surface area contributed by atoms with Gasteiger partial charge in [0.1, 0.15) is 0 Å². The van der Waals surface area contributed by atoms with E-state index in [0.29, 0.717) is 25.9 Å². The summed E-state index contributed by atoms with van der Waals surface area (Å²) in [5.41, 5.74) is 2.75. The molecule has 192 valence electrons. The molecule has 0 bridgehead atoms. The summed E-state index contributed by atoms with van der Waals surface area (Å²) in [6.07, 6.45) is 3.47. The monoisotopic (exact) mass is 496 g/mol. The zero-order valence-electron chi connectivity index (χ0n) is 21.8. The number of fused-ring (bicyclic) bond motifs is 2. The molecule has 6 heteroatoms. The van der Waals surface area contributed by atoms with Crippen molar-refractivity contribution in [2.45, 2.75) is 33.2 Å². The Hall–Kier alpha value is -3.64. The van der Waals surface area contributed by atoms with Crippen LogP contribution in [0.3, 0.4) is 0 Å². The van der Waals surface area contributed by atoms with Crippen molar-refractivity contribution < 1.29 is 9.59 Å². The van der Waals surface area contributed by atoms with Crippen LogP contribution >= 0.6 is 0 Å². The number of benzene rings is 3. The van der Waals surface area contributed by atoms with Crippen LogP contribution in [0.5, 0.6) is 0 Å². The molecule has 0 aliphatic carbocycles. The Kier molecular flexibility index (Phi) is 7.56. The number of hydrogen-bond donors (Lipinski definition) is 1. The Morgan fingerprint density at radius 1 is 0.919 bits per heavy atom. The molecule has 1 aliphatic rings. The summed E-state index contributed by atoms with van der Waals surface area (Å²) in [7, 11) is 0. The highest BCUT2D eigenvalue weighted by atomic mass is 16.2. The van der Waals surface area contributed by atoms with Gasteiger partial charge in [0, 0.05) is 60.4 Å². The second-order valence-corrected chi connectivity index (χ2v) is 9.89. The van der Waals surface area contributed by atoms with Gasteiger partial charge in [-0.2, -0.15) is 0 Å². The molecule has 1 aliphatic heterocycles. The standard InChI is InChI=1S/C31H36N4O2/c1-3-33(4-2)20-21-34-17-16-25-22-26(12-13-29(25)34)32-30(36)24-14-18-35(19-15-24)31(37)28-11-7-9-23-8-5-6-10-27(23)28/h5-13,16-17,22,24H,3-4,14-15,18-21H2,1-2H3,(H,32,36). The van der Waals surface area contributed by atoms with Gasteiger partial charge < -0.3 is 19.7 Å². The summed E-state index contributed by atoms with van der Waals surface area (Å²) >= 11 is 0. The number of aromatic nitrogens is 1. The van der Waals surface area contributed by atoms with Crippen LogP contribution in [-0.4, -0.2) is 58.9 Å². The maximum absolute atomic E-state index is 13.2. The number of anilines is 1. The predicted octanol–water partition coefficient (Wildman–Crippen LogP) is 5.63. The van der Waals surface area contributed by atoms with Gasteiger partial charge in [0.2, 0.25) is 5.91 Å². The maximum Gasteiger partial charge on any atom is 0.254 e. The third-order valence-corrected chi connectivity index (χ3v) is 7.76. The molecule has 2 amide bonds. The zero-order valence-corrected chi connectivity index (χ0v) is 21.8. The molecular weight excluding hydrogens is 460 g/mol. The minimum absolute atomic E-state index is 0.0394. The number of amides is 2. The summed E-state index contributed by atoms with van der Waals surface area (Å²) in [5, 5.41) is 6.30. The Morgan fingerprint density at radius 2 is 1.68 bits per heavy atom. The van der Waals surface area contributed by atoms with Gasteiger partial charge in [0.15, 0.2) is 0 Å². The fraction of sp³-hybridized carbons (Fsp3) is 0.355. The van der Waals surface area contributed by atoms with Gasteiger partial charge in [0.25, 0.3) is 5.91 Å². The smallest absolute Gasteiger partial charge is 0.254 e. The van der Waals surface area contributed by atoms with Crippen LogP contribution < -0.4 is 5.32 Å². The molecule has 0 radical (unpaired) electrons. The first-order valence-electron chi connectivity index (χ1n) is 13.5. The molecule has 6 nitrogen and oxygen atoms in total. The van der Waals surface area contributed by atoms with Gasteiger partial charge in [0.05, 0.1) is 0 Å². The van der Waals surface area contributed by atoms with Gasteiger partial charge in [-0.3, -0.25) is 9.59 Å². The van der Waals surface area contributed by atoms with E-state index in [1.54, 1.807) is 0 Å². The number of nitrogens with zero attached hydrogens (tertiary/aromatic N) is 3. The predicted molar refractivity (Wildman–Crippen MR) is 151 cm³/mol. The van der Waals surface area contributed by atoms with Crippen molar-refractivity contribution in [2.24, 2.45) is 5.92 Å². The number of likely N-dealkylation sites (N-methyl/N-ethyl adjacent to an activating group) is 1. The summed E-state index contributed by atoms with van der Waals surface area (Å²) in [6, 6.07) is 22.1. The lowest BCUT2D eigenvalue weighted by atomic mass is 9.94. The Labute approximate surface area is 218 Å². The minimum Gasteiger partial charge on any atom is -0.346 e. The molecule has 3 aromatic carbocycles. The van der Waals surface area contributed by atoms with Crippen molar-refractivity contribution >= 4 is 39.2 Å². The fourth-order valence-corrected chi connectivity index (χ4v) is 5.43. The van der Waals surface area contributed by atoms with Crippen molar-refractivity contribution in [2.75, 3.05) is 38.0 Å². The number of piperidine rings is 1. The Bertz CT molecular complexity index is 1390. The lowest BCUT2D eigenvalue weighted by molar-refractivity contribution is -0.121. The van der Waals surface area contributed by atoms with Gasteiger partial charge in [-0.25, -0.2) is 0 Å². The maximum atomic E-state index is 13.2. The van der Waals surface area contributed by atoms with Crippen molar-refractivity contribution in [1.82, 2.24) is 14.4 Å². The molecule has 4 aromatic rings. The molecule has 0 unspecified atom stereocenters. The molecule has 37 heavy (non-hydrogen) atoms. The highest BCUT2D eigenvalue weighted by Gasteiger charge is 2.28. The molecule has 0 atom stereocenters. The van der Waals surface area contributed by atoms with Crippen LogP contribution in [0.15, 0.2) is 72.9 Å². The summed E-state index contributed by atoms with van der Waals surface area (Å²) in [5.74, 6) is -0.00451. The van der Waals surface area contributed by atoms with E-state index in [4.69, 9.17) is 0 Å². The quantitative estimate of drug-likeness (QED) is 0.344. The second-order valence-electron chi connectivity index (χ2n) is 9.89. The molecule has 1 fully saturated rings. The van der Waals surface area contributed by atoms with Crippen LogP contribution in [0, 0.1) is 5.92 Å². The molecule has 5 rings (SSSR count). The minimum atomic E-state index is -0.0917.